The van der Waals surface area contributed by atoms with Crippen LogP contribution >= 0.6 is 15.9 Å². The van der Waals surface area contributed by atoms with E-state index < -0.39 is 5.97 Å². The average molecular weight is 488 g/mol. The molecule has 2 N–H and O–H groups in total. The maximum absolute atomic E-state index is 12.5. The molecule has 1 aliphatic heterocycles. The second-order valence-electron chi connectivity index (χ2n) is 8.50. The fraction of sp³-hybridized carbons (Fsp3) is 0.417. The third-order valence-corrected chi connectivity index (χ3v) is 6.21. The fourth-order valence-corrected chi connectivity index (χ4v) is 4.36. The van der Waals surface area contributed by atoms with E-state index in [-0.39, 0.29) is 11.5 Å². The molecule has 0 bridgehead atoms. The summed E-state index contributed by atoms with van der Waals surface area (Å²) in [5.41, 5.74) is 1.89. The summed E-state index contributed by atoms with van der Waals surface area (Å²) >= 11 is 3.35. The van der Waals surface area contributed by atoms with Gasteiger partial charge in [0, 0.05) is 47.9 Å². The molecule has 1 atom stereocenters. The van der Waals surface area contributed by atoms with Crippen LogP contribution in [0, 0.1) is 5.92 Å². The van der Waals surface area contributed by atoms with Crippen molar-refractivity contribution in [2.75, 3.05) is 36.4 Å². The summed E-state index contributed by atoms with van der Waals surface area (Å²) in [6.07, 6.45) is 1.16. The molecule has 0 aliphatic carbocycles. The second kappa shape index (κ2) is 10.3. The molecule has 3 rings (SSSR count). The number of anilines is 2. The van der Waals surface area contributed by atoms with Gasteiger partial charge in [0.15, 0.2) is 0 Å². The summed E-state index contributed by atoms with van der Waals surface area (Å²) in [5, 5.41) is 12.6. The minimum absolute atomic E-state index is 0.206. The number of nitrogens with zero attached hydrogens (tertiary/aromatic N) is 2. The summed E-state index contributed by atoms with van der Waals surface area (Å²) in [4.78, 5) is 29.0. The van der Waals surface area contributed by atoms with Crippen LogP contribution in [0.4, 0.5) is 11.4 Å². The van der Waals surface area contributed by atoms with E-state index >= 15 is 0 Å². The first kappa shape index (κ1) is 23.3. The van der Waals surface area contributed by atoms with Gasteiger partial charge in [-0.1, -0.05) is 29.8 Å². The molecule has 1 saturated heterocycles. The summed E-state index contributed by atoms with van der Waals surface area (Å²) in [5.74, 6) is -0.610. The molecule has 2 aromatic carbocycles. The van der Waals surface area contributed by atoms with Crippen LogP contribution in [0.2, 0.25) is 0 Å². The van der Waals surface area contributed by atoms with E-state index in [1.54, 1.807) is 42.5 Å². The molecular formula is C24H30BrN3O3. The molecule has 166 valence electrons. The van der Waals surface area contributed by atoms with Gasteiger partial charge in [-0.15, -0.1) is 0 Å². The molecule has 2 aromatic rings. The molecule has 0 aromatic heterocycles. The van der Waals surface area contributed by atoms with E-state index in [0.717, 1.165) is 37.1 Å². The Labute approximate surface area is 192 Å². The Balaban J connectivity index is 1.70. The number of benzene rings is 2. The third-order valence-electron chi connectivity index (χ3n) is 5.68. The molecule has 1 heterocycles. The summed E-state index contributed by atoms with van der Waals surface area (Å²) < 4.78 is 0.889. The van der Waals surface area contributed by atoms with E-state index in [1.165, 1.54) is 0 Å². The monoisotopic (exact) mass is 487 g/mol. The molecule has 0 saturated carbocycles. The van der Waals surface area contributed by atoms with Crippen LogP contribution in [0.5, 0.6) is 0 Å². The molecule has 7 heteroatoms. The van der Waals surface area contributed by atoms with E-state index in [1.807, 2.05) is 0 Å². The number of nitrogens with one attached hydrogen (secondary N) is 1. The minimum Gasteiger partial charge on any atom is -0.478 e. The van der Waals surface area contributed by atoms with Crippen LogP contribution in [-0.4, -0.2) is 54.1 Å². The molecule has 1 fully saturated rings. The maximum atomic E-state index is 12.5. The van der Waals surface area contributed by atoms with Crippen LogP contribution in [-0.2, 0) is 0 Å². The van der Waals surface area contributed by atoms with Crippen molar-refractivity contribution in [3.8, 4) is 0 Å². The van der Waals surface area contributed by atoms with Gasteiger partial charge in [0.05, 0.1) is 11.3 Å². The number of rotatable bonds is 7. The lowest BCUT2D eigenvalue weighted by Crippen LogP contribution is -2.50. The highest BCUT2D eigenvalue weighted by molar-refractivity contribution is 9.10. The zero-order valence-electron chi connectivity index (χ0n) is 18.3. The van der Waals surface area contributed by atoms with E-state index in [4.69, 9.17) is 0 Å². The van der Waals surface area contributed by atoms with Gasteiger partial charge >= 0.3 is 5.97 Å². The zero-order valence-corrected chi connectivity index (χ0v) is 19.9. The van der Waals surface area contributed by atoms with Crippen molar-refractivity contribution in [2.45, 2.75) is 33.2 Å². The van der Waals surface area contributed by atoms with Gasteiger partial charge in [-0.2, -0.15) is 0 Å². The van der Waals surface area contributed by atoms with Crippen LogP contribution in [0.1, 0.15) is 47.9 Å². The summed E-state index contributed by atoms with van der Waals surface area (Å²) in [6, 6.07) is 12.7. The van der Waals surface area contributed by atoms with Crippen LogP contribution < -0.4 is 10.2 Å². The van der Waals surface area contributed by atoms with Crippen molar-refractivity contribution in [2.24, 2.45) is 5.92 Å². The first-order valence-electron chi connectivity index (χ1n) is 10.7. The quantitative estimate of drug-likeness (QED) is 0.577. The van der Waals surface area contributed by atoms with Gasteiger partial charge in [0.2, 0.25) is 0 Å². The largest absolute Gasteiger partial charge is 0.478 e. The Kier molecular flexibility index (Phi) is 7.73. The molecule has 1 aliphatic rings. The highest BCUT2D eigenvalue weighted by atomic mass is 79.9. The number of carboxylic acids is 1. The van der Waals surface area contributed by atoms with Gasteiger partial charge in [-0.3, -0.25) is 9.69 Å². The zero-order chi connectivity index (χ0) is 22.5. The lowest BCUT2D eigenvalue weighted by atomic mass is 10.0. The Morgan fingerprint density at radius 2 is 1.68 bits per heavy atom. The molecule has 31 heavy (non-hydrogen) atoms. The Morgan fingerprint density at radius 3 is 2.26 bits per heavy atom. The molecule has 1 amide bonds. The van der Waals surface area contributed by atoms with Crippen LogP contribution in [0.25, 0.3) is 0 Å². The number of carboxylic acid groups (broad SMARTS) is 1. The smallest absolute Gasteiger partial charge is 0.337 e. The van der Waals surface area contributed by atoms with Crippen molar-refractivity contribution < 1.29 is 14.7 Å². The maximum Gasteiger partial charge on any atom is 0.337 e. The average Bonchev–Trinajstić information content (AvgIpc) is 2.73. The topological polar surface area (TPSA) is 72.9 Å². The predicted octanol–water partition coefficient (Wildman–Crippen LogP) is 4.96. The van der Waals surface area contributed by atoms with Crippen molar-refractivity contribution in [3.05, 3.63) is 58.1 Å². The van der Waals surface area contributed by atoms with E-state index in [2.05, 4.69) is 51.8 Å². The number of piperazine rings is 1. The van der Waals surface area contributed by atoms with Gasteiger partial charge < -0.3 is 15.3 Å². The number of aromatic carboxylic acids is 1. The van der Waals surface area contributed by atoms with Crippen molar-refractivity contribution in [3.63, 3.8) is 0 Å². The molecule has 0 spiro atoms. The normalized spacial score (nSPS) is 15.7. The van der Waals surface area contributed by atoms with E-state index in [0.29, 0.717) is 28.9 Å². The number of carbonyl (C=O) groups is 2. The number of hydrogen-bond acceptors (Lipinski definition) is 4. The molecule has 0 radical (unpaired) electrons. The molecule has 1 unspecified atom stereocenters. The predicted molar refractivity (Wildman–Crippen MR) is 128 cm³/mol. The van der Waals surface area contributed by atoms with Crippen LogP contribution in [0.3, 0.4) is 0 Å². The van der Waals surface area contributed by atoms with Crippen molar-refractivity contribution >= 4 is 39.2 Å². The second-order valence-corrected chi connectivity index (χ2v) is 9.42. The summed E-state index contributed by atoms with van der Waals surface area (Å²) in [7, 11) is 0. The number of amides is 1. The van der Waals surface area contributed by atoms with Gasteiger partial charge in [-0.05, 0) is 61.7 Å². The number of carbonyl (C=O) groups excluding carboxylic acids is 1. The number of hydrogen-bond donors (Lipinski definition) is 2. The van der Waals surface area contributed by atoms with E-state index in [9.17, 15) is 14.7 Å². The standard InChI is InChI=1S/C24H30BrN3O3/c1-16(2)14-17(3)27-10-12-28(13-11-27)22-9-8-20(15-21(22)24(30)31)26-23(29)18-4-6-19(25)7-5-18/h4-9,15-17H,10-14H2,1-3H3,(H,26,29)(H,30,31). The Bertz CT molecular complexity index is 922. The Hall–Kier alpha value is -2.38. The lowest BCUT2D eigenvalue weighted by molar-refractivity contribution is 0.0696. The van der Waals surface area contributed by atoms with Gasteiger partial charge in [0.25, 0.3) is 5.91 Å². The highest BCUT2D eigenvalue weighted by Crippen LogP contribution is 2.27. The molecular weight excluding hydrogens is 458 g/mol. The van der Waals surface area contributed by atoms with Gasteiger partial charge in [0.1, 0.15) is 0 Å². The minimum atomic E-state index is -0.995. The Morgan fingerprint density at radius 1 is 1.03 bits per heavy atom. The highest BCUT2D eigenvalue weighted by Gasteiger charge is 2.24. The molecule has 6 nitrogen and oxygen atoms in total. The number of halogens is 1. The third kappa shape index (κ3) is 6.08. The van der Waals surface area contributed by atoms with Gasteiger partial charge in [-0.25, -0.2) is 4.79 Å². The summed E-state index contributed by atoms with van der Waals surface area (Å²) in [6.45, 7) is 10.1. The van der Waals surface area contributed by atoms with Crippen LogP contribution in [0.15, 0.2) is 46.9 Å². The van der Waals surface area contributed by atoms with Crippen molar-refractivity contribution in [1.29, 1.82) is 0 Å². The fourth-order valence-electron chi connectivity index (χ4n) is 4.10. The first-order valence-corrected chi connectivity index (χ1v) is 11.5. The van der Waals surface area contributed by atoms with Crippen molar-refractivity contribution in [1.82, 2.24) is 4.90 Å². The lowest BCUT2D eigenvalue weighted by Gasteiger charge is -2.40. The SMILES string of the molecule is CC(C)CC(C)N1CCN(c2ccc(NC(=O)c3ccc(Br)cc3)cc2C(=O)O)CC1. The first-order chi connectivity index (χ1) is 14.7.